The summed E-state index contributed by atoms with van der Waals surface area (Å²) in [5.74, 6) is 0.957. The maximum absolute atomic E-state index is 11.5. The summed E-state index contributed by atoms with van der Waals surface area (Å²) in [5, 5.41) is 7.35. The van der Waals surface area contributed by atoms with Gasteiger partial charge in [-0.1, -0.05) is 0 Å². The van der Waals surface area contributed by atoms with Gasteiger partial charge in [0.1, 0.15) is 12.1 Å². The van der Waals surface area contributed by atoms with Gasteiger partial charge in [-0.2, -0.15) is 9.61 Å². The van der Waals surface area contributed by atoms with E-state index in [0.29, 0.717) is 13.0 Å². The fourth-order valence-corrected chi connectivity index (χ4v) is 1.70. The summed E-state index contributed by atoms with van der Waals surface area (Å²) in [5.41, 5.74) is 1.91. The minimum absolute atomic E-state index is 0.102. The van der Waals surface area contributed by atoms with Gasteiger partial charge in [0, 0.05) is 27.1 Å². The van der Waals surface area contributed by atoms with Crippen LogP contribution < -0.4 is 5.32 Å². The zero-order chi connectivity index (χ0) is 13.1. The maximum Gasteiger partial charge on any atom is 0.223 e. The van der Waals surface area contributed by atoms with Crippen molar-refractivity contribution < 1.29 is 4.79 Å². The molecule has 0 aliphatic rings. The molecule has 96 valence electrons. The van der Waals surface area contributed by atoms with Crippen LogP contribution >= 0.6 is 0 Å². The third kappa shape index (κ3) is 2.58. The summed E-state index contributed by atoms with van der Waals surface area (Å²) < 4.78 is 1.73. The zero-order valence-corrected chi connectivity index (χ0v) is 10.8. The van der Waals surface area contributed by atoms with E-state index in [1.54, 1.807) is 23.5 Å². The Bertz CT molecular complexity index is 561. The number of rotatable bonds is 4. The van der Waals surface area contributed by atoms with Crippen molar-refractivity contribution in [3.05, 3.63) is 24.0 Å². The first kappa shape index (κ1) is 12.3. The van der Waals surface area contributed by atoms with Crippen LogP contribution in [0, 0.1) is 6.92 Å². The first-order chi connectivity index (χ1) is 8.58. The number of anilines is 1. The number of hydrogen-bond acceptors (Lipinski definition) is 4. The van der Waals surface area contributed by atoms with Crippen LogP contribution in [-0.2, 0) is 4.79 Å². The predicted molar refractivity (Wildman–Crippen MR) is 69.5 cm³/mol. The van der Waals surface area contributed by atoms with Crippen molar-refractivity contribution in [3.8, 4) is 0 Å². The molecule has 0 bridgehead atoms. The Hall–Kier alpha value is -2.11. The monoisotopic (exact) mass is 247 g/mol. The maximum atomic E-state index is 11.5. The van der Waals surface area contributed by atoms with E-state index in [9.17, 15) is 4.79 Å². The van der Waals surface area contributed by atoms with E-state index in [0.717, 1.165) is 17.0 Å². The van der Waals surface area contributed by atoms with Crippen LogP contribution in [0.1, 0.15) is 12.0 Å². The molecule has 0 aliphatic heterocycles. The molecule has 2 aromatic heterocycles. The Morgan fingerprint density at radius 3 is 2.94 bits per heavy atom. The number of fused-ring (bicyclic) bond motifs is 1. The summed E-state index contributed by atoms with van der Waals surface area (Å²) in [4.78, 5) is 17.2. The Labute approximate surface area is 106 Å². The van der Waals surface area contributed by atoms with E-state index >= 15 is 0 Å². The highest BCUT2D eigenvalue weighted by Gasteiger charge is 2.06. The van der Waals surface area contributed by atoms with Gasteiger partial charge in [0.15, 0.2) is 5.65 Å². The second kappa shape index (κ2) is 5.03. The van der Waals surface area contributed by atoms with Gasteiger partial charge >= 0.3 is 0 Å². The van der Waals surface area contributed by atoms with Crippen molar-refractivity contribution in [2.24, 2.45) is 0 Å². The molecular weight excluding hydrogens is 230 g/mol. The zero-order valence-electron chi connectivity index (χ0n) is 10.8. The minimum Gasteiger partial charge on any atom is -0.369 e. The lowest BCUT2D eigenvalue weighted by Crippen LogP contribution is -2.24. The molecule has 0 aromatic carbocycles. The Balaban J connectivity index is 2.07. The highest BCUT2D eigenvalue weighted by Crippen LogP contribution is 2.12. The Morgan fingerprint density at radius 2 is 2.22 bits per heavy atom. The molecule has 0 saturated heterocycles. The SMILES string of the molecule is Cc1cc(NCCC(=O)N(C)C)n2ncnc2c1. The first-order valence-electron chi connectivity index (χ1n) is 5.82. The van der Waals surface area contributed by atoms with Crippen molar-refractivity contribution in [1.82, 2.24) is 19.5 Å². The number of carbonyl (C=O) groups is 1. The van der Waals surface area contributed by atoms with Gasteiger partial charge in [-0.25, -0.2) is 4.98 Å². The first-order valence-corrected chi connectivity index (χ1v) is 5.82. The number of aryl methyl sites for hydroxylation is 1. The van der Waals surface area contributed by atoms with Crippen LogP contribution in [0.25, 0.3) is 5.65 Å². The molecule has 0 radical (unpaired) electrons. The fourth-order valence-electron chi connectivity index (χ4n) is 1.70. The van der Waals surface area contributed by atoms with E-state index in [-0.39, 0.29) is 5.91 Å². The van der Waals surface area contributed by atoms with Crippen molar-refractivity contribution in [3.63, 3.8) is 0 Å². The van der Waals surface area contributed by atoms with Crippen LogP contribution in [0.5, 0.6) is 0 Å². The number of carbonyl (C=O) groups excluding carboxylic acids is 1. The molecule has 0 spiro atoms. The number of nitrogens with one attached hydrogen (secondary N) is 1. The smallest absolute Gasteiger partial charge is 0.223 e. The predicted octanol–water partition coefficient (Wildman–Crippen LogP) is 0.928. The molecule has 18 heavy (non-hydrogen) atoms. The number of hydrogen-bond donors (Lipinski definition) is 1. The number of nitrogens with zero attached hydrogens (tertiary/aromatic N) is 4. The molecule has 2 heterocycles. The lowest BCUT2D eigenvalue weighted by molar-refractivity contribution is -0.128. The molecular formula is C12H17N5O. The lowest BCUT2D eigenvalue weighted by Gasteiger charge is -2.12. The molecule has 0 fully saturated rings. The molecule has 1 amide bonds. The van der Waals surface area contributed by atoms with Crippen molar-refractivity contribution in [1.29, 1.82) is 0 Å². The standard InChI is InChI=1S/C12H17N5O/c1-9-6-10(13-5-4-12(18)16(2)3)17-11(7-9)14-8-15-17/h6-8,13H,4-5H2,1-3H3. The van der Waals surface area contributed by atoms with Crippen molar-refractivity contribution in [2.45, 2.75) is 13.3 Å². The third-order valence-electron chi connectivity index (χ3n) is 2.67. The molecule has 0 aliphatic carbocycles. The van der Waals surface area contributed by atoms with E-state index in [2.05, 4.69) is 15.4 Å². The van der Waals surface area contributed by atoms with Crippen molar-refractivity contribution >= 4 is 17.4 Å². The van der Waals surface area contributed by atoms with Gasteiger partial charge in [0.2, 0.25) is 5.91 Å². The summed E-state index contributed by atoms with van der Waals surface area (Å²) in [6.07, 6.45) is 1.97. The fraction of sp³-hybridized carbons (Fsp3) is 0.417. The number of amides is 1. The minimum atomic E-state index is 0.102. The van der Waals surface area contributed by atoms with Gasteiger partial charge in [-0.15, -0.1) is 0 Å². The highest BCUT2D eigenvalue weighted by molar-refractivity contribution is 5.76. The third-order valence-corrected chi connectivity index (χ3v) is 2.67. The molecule has 1 N–H and O–H groups in total. The summed E-state index contributed by atoms with van der Waals surface area (Å²) in [6.45, 7) is 2.58. The molecule has 0 saturated carbocycles. The van der Waals surface area contributed by atoms with Crippen LogP contribution in [-0.4, -0.2) is 46.0 Å². The number of aromatic nitrogens is 3. The normalized spacial score (nSPS) is 10.6. The largest absolute Gasteiger partial charge is 0.369 e. The van der Waals surface area contributed by atoms with Crippen LogP contribution in [0.2, 0.25) is 0 Å². The van der Waals surface area contributed by atoms with Gasteiger partial charge in [-0.05, 0) is 24.6 Å². The van der Waals surface area contributed by atoms with Gasteiger partial charge in [0.25, 0.3) is 0 Å². The van der Waals surface area contributed by atoms with Gasteiger partial charge < -0.3 is 10.2 Å². The molecule has 6 heteroatoms. The summed E-state index contributed by atoms with van der Waals surface area (Å²) in [6, 6.07) is 3.95. The van der Waals surface area contributed by atoms with Crippen molar-refractivity contribution in [2.75, 3.05) is 26.0 Å². The van der Waals surface area contributed by atoms with Crippen LogP contribution in [0.4, 0.5) is 5.82 Å². The molecule has 2 aromatic rings. The lowest BCUT2D eigenvalue weighted by atomic mass is 10.3. The molecule has 0 atom stereocenters. The summed E-state index contributed by atoms with van der Waals surface area (Å²) in [7, 11) is 3.51. The summed E-state index contributed by atoms with van der Waals surface area (Å²) >= 11 is 0. The molecule has 2 rings (SSSR count). The van der Waals surface area contributed by atoms with Gasteiger partial charge in [-0.3, -0.25) is 4.79 Å². The second-order valence-corrected chi connectivity index (χ2v) is 4.41. The Morgan fingerprint density at radius 1 is 1.44 bits per heavy atom. The van der Waals surface area contributed by atoms with E-state index in [4.69, 9.17) is 0 Å². The average Bonchev–Trinajstić information content (AvgIpc) is 2.76. The molecule has 0 unspecified atom stereocenters. The van der Waals surface area contributed by atoms with E-state index in [1.165, 1.54) is 6.33 Å². The highest BCUT2D eigenvalue weighted by atomic mass is 16.2. The van der Waals surface area contributed by atoms with E-state index < -0.39 is 0 Å². The Kier molecular flexibility index (Phi) is 3.45. The van der Waals surface area contributed by atoms with Gasteiger partial charge in [0.05, 0.1) is 0 Å². The number of pyridine rings is 1. The quantitative estimate of drug-likeness (QED) is 0.873. The van der Waals surface area contributed by atoms with Crippen LogP contribution in [0.3, 0.4) is 0 Å². The second-order valence-electron chi connectivity index (χ2n) is 4.41. The average molecular weight is 247 g/mol. The molecule has 6 nitrogen and oxygen atoms in total. The van der Waals surface area contributed by atoms with Crippen LogP contribution in [0.15, 0.2) is 18.5 Å². The topological polar surface area (TPSA) is 62.5 Å². The van der Waals surface area contributed by atoms with E-state index in [1.807, 2.05) is 19.1 Å².